The maximum absolute atomic E-state index is 14.0. The van der Waals surface area contributed by atoms with Gasteiger partial charge in [-0.3, -0.25) is 4.79 Å². The Morgan fingerprint density at radius 2 is 1.64 bits per heavy atom. The largest absolute Gasteiger partial charge is 0.497 e. The smallest absolute Gasteiger partial charge is 0.336 e. The molecule has 1 N–H and O–H groups in total. The zero-order valence-electron chi connectivity index (χ0n) is 21.0. The van der Waals surface area contributed by atoms with Gasteiger partial charge in [-0.05, 0) is 78.4 Å². The lowest BCUT2D eigenvalue weighted by molar-refractivity contribution is 0.102. The van der Waals surface area contributed by atoms with E-state index in [2.05, 4.69) is 15.4 Å². The lowest BCUT2D eigenvalue weighted by Crippen LogP contribution is -2.11. The molecule has 0 atom stereocenters. The van der Waals surface area contributed by atoms with Crippen molar-refractivity contribution in [1.82, 2.24) is 14.8 Å². The van der Waals surface area contributed by atoms with Crippen molar-refractivity contribution < 1.29 is 23.0 Å². The second-order valence-electron chi connectivity index (χ2n) is 8.59. The quantitative estimate of drug-likeness (QED) is 0.251. The van der Waals surface area contributed by atoms with E-state index in [4.69, 9.17) is 9.47 Å². The van der Waals surface area contributed by atoms with Crippen LogP contribution in [0.3, 0.4) is 0 Å². The molecule has 4 aromatic carbocycles. The number of nitrogens with one attached hydrogen (secondary N) is 1. The molecule has 9 heteroatoms. The Hall–Kier alpha value is -5.05. The summed E-state index contributed by atoms with van der Waals surface area (Å²) >= 11 is 0. The molecule has 5 aromatic rings. The van der Waals surface area contributed by atoms with Crippen LogP contribution in [0.1, 0.15) is 15.9 Å². The van der Waals surface area contributed by atoms with E-state index in [1.54, 1.807) is 48.2 Å². The number of rotatable bonds is 9. The van der Waals surface area contributed by atoms with Crippen LogP contribution in [0.15, 0.2) is 97.1 Å². The highest BCUT2D eigenvalue weighted by atomic mass is 19.1. The van der Waals surface area contributed by atoms with E-state index in [1.165, 1.54) is 36.4 Å². The van der Waals surface area contributed by atoms with Gasteiger partial charge in [0.25, 0.3) is 5.91 Å². The van der Waals surface area contributed by atoms with Crippen molar-refractivity contribution in [2.45, 2.75) is 6.42 Å². The molecular formula is C30H24F2N4O3. The number of hydrogen-bond acceptors (Lipinski definition) is 5. The molecule has 39 heavy (non-hydrogen) atoms. The van der Waals surface area contributed by atoms with Gasteiger partial charge in [-0.25, -0.2) is 13.5 Å². The molecule has 0 bridgehead atoms. The van der Waals surface area contributed by atoms with Crippen LogP contribution in [0.5, 0.6) is 11.8 Å². The summed E-state index contributed by atoms with van der Waals surface area (Å²) in [7, 11) is 1.62. The third-order valence-corrected chi connectivity index (χ3v) is 5.93. The third kappa shape index (κ3) is 6.27. The summed E-state index contributed by atoms with van der Waals surface area (Å²) in [5.41, 5.74) is 3.10. The first kappa shape index (κ1) is 25.6. The number of carbonyl (C=O) groups excluding carboxylic acids is 1. The first-order valence-electron chi connectivity index (χ1n) is 12.1. The van der Waals surface area contributed by atoms with E-state index in [-0.39, 0.29) is 11.9 Å². The Labute approximate surface area is 223 Å². The second-order valence-corrected chi connectivity index (χ2v) is 8.59. The fourth-order valence-electron chi connectivity index (χ4n) is 3.89. The van der Waals surface area contributed by atoms with Crippen molar-refractivity contribution in [1.29, 1.82) is 0 Å². The van der Waals surface area contributed by atoms with E-state index in [9.17, 15) is 13.6 Å². The van der Waals surface area contributed by atoms with E-state index >= 15 is 0 Å². The minimum absolute atomic E-state index is 0.150. The number of methoxy groups -OCH3 is 1. The van der Waals surface area contributed by atoms with Gasteiger partial charge >= 0.3 is 6.01 Å². The van der Waals surface area contributed by atoms with Crippen molar-refractivity contribution in [2.75, 3.05) is 19.0 Å². The monoisotopic (exact) mass is 526 g/mol. The number of amides is 1. The summed E-state index contributed by atoms with van der Waals surface area (Å²) in [6.07, 6.45) is 0.635. The molecule has 0 radical (unpaired) electrons. The fourth-order valence-corrected chi connectivity index (χ4v) is 3.89. The molecule has 0 aliphatic heterocycles. The highest BCUT2D eigenvalue weighted by Crippen LogP contribution is 2.25. The molecular weight excluding hydrogens is 502 g/mol. The van der Waals surface area contributed by atoms with Gasteiger partial charge in [-0.15, -0.1) is 5.10 Å². The van der Waals surface area contributed by atoms with E-state index in [1.807, 2.05) is 24.3 Å². The van der Waals surface area contributed by atoms with Crippen LogP contribution in [-0.4, -0.2) is 34.4 Å². The van der Waals surface area contributed by atoms with Gasteiger partial charge in [-0.1, -0.05) is 24.3 Å². The van der Waals surface area contributed by atoms with Crippen LogP contribution in [0.25, 0.3) is 17.1 Å². The van der Waals surface area contributed by atoms with Gasteiger partial charge in [0.15, 0.2) is 5.82 Å². The molecule has 0 fully saturated rings. The number of benzene rings is 4. The molecule has 0 unspecified atom stereocenters. The SMILES string of the molecule is COc1ccc(CCOc2nc(-c3cccc(F)c3)n(-c3ccc(NC(=O)c4ccc(F)cc4)cc3)n2)cc1. The van der Waals surface area contributed by atoms with E-state index in [0.29, 0.717) is 41.4 Å². The first-order valence-corrected chi connectivity index (χ1v) is 12.1. The maximum Gasteiger partial charge on any atom is 0.336 e. The van der Waals surface area contributed by atoms with Crippen LogP contribution in [0, 0.1) is 11.6 Å². The zero-order valence-corrected chi connectivity index (χ0v) is 21.0. The Morgan fingerprint density at radius 1 is 0.897 bits per heavy atom. The van der Waals surface area contributed by atoms with Crippen LogP contribution in [0.4, 0.5) is 14.5 Å². The highest BCUT2D eigenvalue weighted by molar-refractivity contribution is 6.04. The van der Waals surface area contributed by atoms with Gasteiger partial charge < -0.3 is 14.8 Å². The summed E-state index contributed by atoms with van der Waals surface area (Å²) in [4.78, 5) is 17.0. The van der Waals surface area contributed by atoms with Gasteiger partial charge in [0, 0.05) is 23.2 Å². The molecule has 0 aliphatic carbocycles. The van der Waals surface area contributed by atoms with Gasteiger partial charge in [0.2, 0.25) is 0 Å². The molecule has 0 spiro atoms. The number of halogens is 2. The number of ether oxygens (including phenoxy) is 2. The Bertz CT molecular complexity index is 1570. The molecule has 1 aromatic heterocycles. The second kappa shape index (κ2) is 11.6. The first-order chi connectivity index (χ1) is 19.0. The summed E-state index contributed by atoms with van der Waals surface area (Å²) < 4.78 is 39.8. The van der Waals surface area contributed by atoms with Crippen molar-refractivity contribution in [3.8, 4) is 28.8 Å². The average molecular weight is 527 g/mol. The lowest BCUT2D eigenvalue weighted by Gasteiger charge is -2.09. The Balaban J connectivity index is 1.35. The van der Waals surface area contributed by atoms with Crippen molar-refractivity contribution in [3.05, 3.63) is 120 Å². The number of carbonyl (C=O) groups is 1. The maximum atomic E-state index is 14.0. The normalized spacial score (nSPS) is 10.7. The third-order valence-electron chi connectivity index (χ3n) is 5.93. The fraction of sp³-hybridized carbons (Fsp3) is 0.100. The molecule has 1 amide bonds. The van der Waals surface area contributed by atoms with Crippen LogP contribution in [0.2, 0.25) is 0 Å². The van der Waals surface area contributed by atoms with Crippen molar-refractivity contribution >= 4 is 11.6 Å². The summed E-state index contributed by atoms with van der Waals surface area (Å²) in [5, 5.41) is 7.29. The van der Waals surface area contributed by atoms with Gasteiger partial charge in [0.1, 0.15) is 17.4 Å². The van der Waals surface area contributed by atoms with Gasteiger partial charge in [-0.2, -0.15) is 4.98 Å². The van der Waals surface area contributed by atoms with Crippen molar-refractivity contribution in [2.24, 2.45) is 0 Å². The Morgan fingerprint density at radius 3 is 2.33 bits per heavy atom. The summed E-state index contributed by atoms with van der Waals surface area (Å²) in [5.74, 6) is -0.000745. The molecule has 0 saturated heterocycles. The van der Waals surface area contributed by atoms with E-state index < -0.39 is 11.6 Å². The lowest BCUT2D eigenvalue weighted by atomic mass is 10.1. The predicted molar refractivity (Wildman–Crippen MR) is 143 cm³/mol. The predicted octanol–water partition coefficient (Wildman–Crippen LogP) is 6.09. The standard InChI is InChI=1S/C30H24F2N4O3/c1-38-27-15-5-20(6-16-27)17-18-39-30-34-28(22-3-2-4-24(32)19-22)36(35-30)26-13-11-25(12-14-26)33-29(37)21-7-9-23(31)10-8-21/h2-16,19H,17-18H2,1H3,(H,33,37). The average Bonchev–Trinajstić information content (AvgIpc) is 3.38. The molecule has 1 heterocycles. The molecule has 5 rings (SSSR count). The summed E-state index contributed by atoms with van der Waals surface area (Å²) in [6, 6.07) is 26.1. The highest BCUT2D eigenvalue weighted by Gasteiger charge is 2.16. The number of anilines is 1. The van der Waals surface area contributed by atoms with Crippen molar-refractivity contribution in [3.63, 3.8) is 0 Å². The zero-order chi connectivity index (χ0) is 27.2. The van der Waals surface area contributed by atoms with Gasteiger partial charge in [0.05, 0.1) is 19.4 Å². The molecule has 0 saturated carbocycles. The number of aromatic nitrogens is 3. The molecule has 196 valence electrons. The number of nitrogens with zero attached hydrogens (tertiary/aromatic N) is 3. The van der Waals surface area contributed by atoms with Crippen LogP contribution in [-0.2, 0) is 6.42 Å². The Kier molecular flexibility index (Phi) is 7.58. The van der Waals surface area contributed by atoms with E-state index in [0.717, 1.165) is 11.3 Å². The summed E-state index contributed by atoms with van der Waals surface area (Å²) in [6.45, 7) is 0.341. The van der Waals surface area contributed by atoms with Crippen LogP contribution >= 0.6 is 0 Å². The topological polar surface area (TPSA) is 78.3 Å². The molecule has 7 nitrogen and oxygen atoms in total. The molecule has 0 aliphatic rings. The minimum Gasteiger partial charge on any atom is -0.497 e. The number of hydrogen-bond donors (Lipinski definition) is 1. The minimum atomic E-state index is -0.415. The van der Waals surface area contributed by atoms with Crippen LogP contribution < -0.4 is 14.8 Å².